The molecule has 0 atom stereocenters. The number of aryl methyl sites for hydroxylation is 1. The summed E-state index contributed by atoms with van der Waals surface area (Å²) in [5.74, 6) is -0.269. The number of carbonyl (C=O) groups is 1. The van der Waals surface area contributed by atoms with E-state index in [0.29, 0.717) is 30.9 Å². The highest BCUT2D eigenvalue weighted by atomic mass is 19.4. The van der Waals surface area contributed by atoms with Gasteiger partial charge in [0.1, 0.15) is 11.3 Å². The average Bonchev–Trinajstić information content (AvgIpc) is 2.92. The first kappa shape index (κ1) is 18.3. The molecule has 0 N–H and O–H groups in total. The lowest BCUT2D eigenvalue weighted by atomic mass is 10.2. The number of hydrogen-bond donors (Lipinski definition) is 0. The molecule has 0 fully saturated rings. The van der Waals surface area contributed by atoms with Crippen LogP contribution in [0.3, 0.4) is 0 Å². The molecule has 2 aromatic rings. The summed E-state index contributed by atoms with van der Waals surface area (Å²) in [4.78, 5) is 18.9. The van der Waals surface area contributed by atoms with E-state index in [1.165, 1.54) is 10.5 Å². The van der Waals surface area contributed by atoms with E-state index in [2.05, 4.69) is 4.98 Å². The largest absolute Gasteiger partial charge is 0.417 e. The quantitative estimate of drug-likeness (QED) is 0.790. The molecule has 0 unspecified atom stereocenters. The number of fused-ring (bicyclic) bond motifs is 1. The van der Waals surface area contributed by atoms with Crippen molar-refractivity contribution in [2.24, 2.45) is 0 Å². The minimum atomic E-state index is -4.46. The van der Waals surface area contributed by atoms with Crippen LogP contribution in [-0.2, 0) is 12.6 Å². The lowest BCUT2D eigenvalue weighted by molar-refractivity contribution is -0.137. The van der Waals surface area contributed by atoms with Crippen molar-refractivity contribution in [2.75, 3.05) is 13.1 Å². The van der Waals surface area contributed by atoms with E-state index in [-0.39, 0.29) is 11.6 Å². The van der Waals surface area contributed by atoms with Crippen LogP contribution in [0.4, 0.5) is 13.2 Å². The summed E-state index contributed by atoms with van der Waals surface area (Å²) in [6.07, 6.45) is -1.23. The van der Waals surface area contributed by atoms with E-state index in [0.717, 1.165) is 25.1 Å². The van der Waals surface area contributed by atoms with Crippen molar-refractivity contribution in [3.8, 4) is 0 Å². The maximum atomic E-state index is 13.0. The molecule has 0 aromatic carbocycles. The Morgan fingerprint density at radius 1 is 1.25 bits per heavy atom. The number of aromatic nitrogens is 2. The summed E-state index contributed by atoms with van der Waals surface area (Å²) in [7, 11) is 0. The SMILES string of the molecule is CCCCN(CC)C(=O)c1c(CC)nc2ccc(C(F)(F)F)cn12. The zero-order valence-electron chi connectivity index (χ0n) is 14.2. The van der Waals surface area contributed by atoms with Crippen LogP contribution in [0.2, 0.25) is 0 Å². The molecule has 0 bridgehead atoms. The second kappa shape index (κ2) is 7.23. The topological polar surface area (TPSA) is 37.6 Å². The first-order valence-electron chi connectivity index (χ1n) is 8.20. The Hall–Kier alpha value is -2.05. The summed E-state index contributed by atoms with van der Waals surface area (Å²) < 4.78 is 40.3. The number of amides is 1. The molecular formula is C17H22F3N3O. The molecule has 0 saturated heterocycles. The highest BCUT2D eigenvalue weighted by Crippen LogP contribution is 2.30. The standard InChI is InChI=1S/C17H22F3N3O/c1-4-7-10-22(6-3)16(24)15-13(5-2)21-14-9-8-12(11-23(14)15)17(18,19)20/h8-9,11H,4-7,10H2,1-3H3. The average molecular weight is 341 g/mol. The fraction of sp³-hybridized carbons (Fsp3) is 0.529. The smallest absolute Gasteiger partial charge is 0.338 e. The number of imidazole rings is 1. The van der Waals surface area contributed by atoms with Gasteiger partial charge in [-0.05, 0) is 31.9 Å². The van der Waals surface area contributed by atoms with E-state index in [9.17, 15) is 18.0 Å². The van der Waals surface area contributed by atoms with Gasteiger partial charge in [-0.2, -0.15) is 13.2 Å². The predicted octanol–water partition coefficient (Wildman–Crippen LogP) is 4.18. The van der Waals surface area contributed by atoms with Gasteiger partial charge in [-0.15, -0.1) is 0 Å². The van der Waals surface area contributed by atoms with Gasteiger partial charge in [-0.3, -0.25) is 9.20 Å². The molecule has 0 aliphatic heterocycles. The van der Waals surface area contributed by atoms with Gasteiger partial charge in [-0.1, -0.05) is 20.3 Å². The molecule has 0 radical (unpaired) electrons. The molecule has 24 heavy (non-hydrogen) atoms. The second-order valence-electron chi connectivity index (χ2n) is 5.64. The van der Waals surface area contributed by atoms with Gasteiger partial charge in [-0.25, -0.2) is 4.98 Å². The van der Waals surface area contributed by atoms with E-state index in [1.54, 1.807) is 4.90 Å². The Balaban J connectivity index is 2.55. The fourth-order valence-electron chi connectivity index (χ4n) is 2.64. The van der Waals surface area contributed by atoms with Gasteiger partial charge in [0.25, 0.3) is 5.91 Å². The third-order valence-corrected chi connectivity index (χ3v) is 4.01. The normalized spacial score (nSPS) is 11.9. The molecule has 0 spiro atoms. The van der Waals surface area contributed by atoms with Gasteiger partial charge >= 0.3 is 6.18 Å². The van der Waals surface area contributed by atoms with Gasteiger partial charge < -0.3 is 4.90 Å². The van der Waals surface area contributed by atoms with Crippen LogP contribution in [0.1, 0.15) is 55.4 Å². The van der Waals surface area contributed by atoms with Crippen LogP contribution in [0.5, 0.6) is 0 Å². The molecule has 4 nitrogen and oxygen atoms in total. The molecule has 2 rings (SSSR count). The minimum absolute atomic E-state index is 0.233. The lowest BCUT2D eigenvalue weighted by Gasteiger charge is -2.21. The first-order chi connectivity index (χ1) is 11.3. The Bertz CT molecular complexity index is 722. The molecule has 132 valence electrons. The van der Waals surface area contributed by atoms with Crippen LogP contribution in [0, 0.1) is 0 Å². The summed E-state index contributed by atoms with van der Waals surface area (Å²) in [5.41, 5.74) is 0.321. The molecule has 0 aliphatic rings. The number of unbranched alkanes of at least 4 members (excludes halogenated alkanes) is 1. The Morgan fingerprint density at radius 2 is 1.96 bits per heavy atom. The third-order valence-electron chi connectivity index (χ3n) is 4.01. The van der Waals surface area contributed by atoms with E-state index in [1.807, 2.05) is 20.8 Å². The molecule has 2 heterocycles. The van der Waals surface area contributed by atoms with Gasteiger partial charge in [0.05, 0.1) is 11.3 Å². The molecule has 0 saturated carbocycles. The van der Waals surface area contributed by atoms with Crippen molar-refractivity contribution in [3.05, 3.63) is 35.3 Å². The molecule has 2 aromatic heterocycles. The Morgan fingerprint density at radius 3 is 2.50 bits per heavy atom. The highest BCUT2D eigenvalue weighted by molar-refractivity contribution is 5.94. The number of rotatable bonds is 6. The van der Waals surface area contributed by atoms with Gasteiger partial charge in [0.15, 0.2) is 0 Å². The zero-order valence-corrected chi connectivity index (χ0v) is 14.2. The number of hydrogen-bond acceptors (Lipinski definition) is 2. The highest BCUT2D eigenvalue weighted by Gasteiger charge is 2.32. The summed E-state index contributed by atoms with van der Waals surface area (Å²) in [5, 5.41) is 0. The molecule has 7 heteroatoms. The lowest BCUT2D eigenvalue weighted by Crippen LogP contribution is -2.33. The summed E-state index contributed by atoms with van der Waals surface area (Å²) >= 11 is 0. The first-order valence-corrected chi connectivity index (χ1v) is 8.20. The van der Waals surface area contributed by atoms with Crippen molar-refractivity contribution < 1.29 is 18.0 Å². The van der Waals surface area contributed by atoms with Crippen LogP contribution in [-0.4, -0.2) is 33.3 Å². The van der Waals surface area contributed by atoms with Gasteiger partial charge in [0.2, 0.25) is 0 Å². The maximum absolute atomic E-state index is 13.0. The number of pyridine rings is 1. The van der Waals surface area contributed by atoms with E-state index >= 15 is 0 Å². The van der Waals surface area contributed by atoms with Crippen LogP contribution >= 0.6 is 0 Å². The molecule has 1 amide bonds. The third kappa shape index (κ3) is 3.55. The Labute approximate surface area is 139 Å². The number of carbonyl (C=O) groups excluding carboxylic acids is 1. The van der Waals surface area contributed by atoms with E-state index < -0.39 is 11.7 Å². The van der Waals surface area contributed by atoms with Crippen molar-refractivity contribution in [3.63, 3.8) is 0 Å². The van der Waals surface area contributed by atoms with E-state index in [4.69, 9.17) is 0 Å². The summed E-state index contributed by atoms with van der Waals surface area (Å²) in [6.45, 7) is 6.82. The second-order valence-corrected chi connectivity index (χ2v) is 5.64. The van der Waals surface area contributed by atoms with Crippen LogP contribution in [0.15, 0.2) is 18.3 Å². The number of halogens is 3. The zero-order chi connectivity index (χ0) is 17.9. The minimum Gasteiger partial charge on any atom is -0.338 e. The molecule has 0 aliphatic carbocycles. The van der Waals surface area contributed by atoms with Crippen molar-refractivity contribution in [2.45, 2.75) is 46.2 Å². The van der Waals surface area contributed by atoms with Crippen molar-refractivity contribution in [1.29, 1.82) is 0 Å². The monoisotopic (exact) mass is 341 g/mol. The molecular weight excluding hydrogens is 319 g/mol. The van der Waals surface area contributed by atoms with Crippen LogP contribution in [0.25, 0.3) is 5.65 Å². The summed E-state index contributed by atoms with van der Waals surface area (Å²) in [6, 6.07) is 2.30. The van der Waals surface area contributed by atoms with Crippen molar-refractivity contribution >= 4 is 11.6 Å². The fourth-order valence-corrected chi connectivity index (χ4v) is 2.64. The van der Waals surface area contributed by atoms with Crippen molar-refractivity contribution in [1.82, 2.24) is 14.3 Å². The number of nitrogens with zero attached hydrogens (tertiary/aromatic N) is 3. The maximum Gasteiger partial charge on any atom is 0.417 e. The predicted molar refractivity (Wildman–Crippen MR) is 86.1 cm³/mol. The van der Waals surface area contributed by atoms with Crippen LogP contribution < -0.4 is 0 Å². The Kier molecular flexibility index (Phi) is 5.51. The van der Waals surface area contributed by atoms with Gasteiger partial charge in [0, 0.05) is 19.3 Å². The number of alkyl halides is 3.